The second kappa shape index (κ2) is 6.05. The number of amides is 1. The van der Waals surface area contributed by atoms with Crippen LogP contribution in [-0.4, -0.2) is 39.8 Å². The van der Waals surface area contributed by atoms with Crippen molar-refractivity contribution >= 4 is 11.6 Å². The number of hydrogen-bond acceptors (Lipinski definition) is 4. The van der Waals surface area contributed by atoms with Crippen LogP contribution in [0.4, 0.5) is 18.9 Å². The van der Waals surface area contributed by atoms with E-state index in [1.807, 2.05) is 0 Å². The number of aliphatic hydroxyl groups is 1. The highest BCUT2D eigenvalue weighted by Crippen LogP contribution is 2.43. The minimum atomic E-state index is -4.80. The quantitative estimate of drug-likeness (QED) is 0.908. The van der Waals surface area contributed by atoms with Crippen LogP contribution in [-0.2, 0) is 10.2 Å². The molecule has 0 radical (unpaired) electrons. The molecule has 0 bridgehead atoms. The van der Waals surface area contributed by atoms with Crippen molar-refractivity contribution in [1.29, 1.82) is 0 Å². The van der Waals surface area contributed by atoms with Gasteiger partial charge in [-0.3, -0.25) is 4.79 Å². The highest BCUT2D eigenvalue weighted by atomic mass is 19.4. The van der Waals surface area contributed by atoms with Crippen LogP contribution < -0.4 is 4.90 Å². The first-order valence-electron chi connectivity index (χ1n) is 8.02. The summed E-state index contributed by atoms with van der Waals surface area (Å²) in [6.07, 6.45) is -4.18. The molecule has 1 atom stereocenters. The van der Waals surface area contributed by atoms with Gasteiger partial charge in [0.25, 0.3) is 0 Å². The lowest BCUT2D eigenvalue weighted by Crippen LogP contribution is -2.45. The summed E-state index contributed by atoms with van der Waals surface area (Å²) in [6.45, 7) is 4.21. The Kier molecular flexibility index (Phi) is 4.26. The third-order valence-electron chi connectivity index (χ3n) is 4.59. The van der Waals surface area contributed by atoms with Crippen molar-refractivity contribution in [3.05, 3.63) is 42.0 Å². The maximum absolute atomic E-state index is 12.8. The molecule has 0 aliphatic carbocycles. The van der Waals surface area contributed by atoms with Crippen LogP contribution in [0.25, 0.3) is 11.1 Å². The summed E-state index contributed by atoms with van der Waals surface area (Å²) in [6, 6.07) is 5.15. The zero-order valence-electron chi connectivity index (χ0n) is 14.5. The molecule has 0 saturated heterocycles. The molecule has 1 aliphatic heterocycles. The first kappa shape index (κ1) is 18.3. The predicted octanol–water partition coefficient (Wildman–Crippen LogP) is 3.00. The van der Waals surface area contributed by atoms with Crippen LogP contribution in [0.3, 0.4) is 0 Å². The van der Waals surface area contributed by atoms with Crippen LogP contribution >= 0.6 is 0 Å². The van der Waals surface area contributed by atoms with Gasteiger partial charge in [0.15, 0.2) is 6.10 Å². The number of hydrogen-bond donors (Lipinski definition) is 1. The molecule has 8 heteroatoms. The SMILES string of the molecule is Cc1ncc(-c2ccc3c(c2)N(CC(O)C(F)(F)F)C(=O)C3(C)C)cn1. The number of aryl methyl sites for hydroxylation is 1. The molecular weight excluding hydrogens is 347 g/mol. The Labute approximate surface area is 148 Å². The molecule has 0 saturated carbocycles. The van der Waals surface area contributed by atoms with Gasteiger partial charge in [0.05, 0.1) is 12.0 Å². The zero-order chi connectivity index (χ0) is 19.3. The fraction of sp³-hybridized carbons (Fsp3) is 0.389. The number of benzene rings is 1. The fourth-order valence-corrected chi connectivity index (χ4v) is 3.02. The van der Waals surface area contributed by atoms with Gasteiger partial charge in [0, 0.05) is 23.6 Å². The van der Waals surface area contributed by atoms with E-state index in [4.69, 9.17) is 0 Å². The molecule has 0 fully saturated rings. The van der Waals surface area contributed by atoms with Crippen LogP contribution in [0, 0.1) is 6.92 Å². The first-order chi connectivity index (χ1) is 12.0. The predicted molar refractivity (Wildman–Crippen MR) is 89.6 cm³/mol. The van der Waals surface area contributed by atoms with Crippen molar-refractivity contribution in [2.24, 2.45) is 0 Å². The Morgan fingerprint density at radius 2 is 1.81 bits per heavy atom. The van der Waals surface area contributed by atoms with Gasteiger partial charge in [0.1, 0.15) is 5.82 Å². The molecule has 1 aromatic heterocycles. The average Bonchev–Trinajstić information content (AvgIpc) is 2.75. The number of nitrogens with zero attached hydrogens (tertiary/aromatic N) is 3. The van der Waals surface area contributed by atoms with Gasteiger partial charge >= 0.3 is 6.18 Å². The number of aliphatic hydroxyl groups excluding tert-OH is 1. The first-order valence-corrected chi connectivity index (χ1v) is 8.02. The van der Waals surface area contributed by atoms with Gasteiger partial charge in [-0.05, 0) is 38.0 Å². The molecule has 1 aromatic carbocycles. The second-order valence-electron chi connectivity index (χ2n) is 6.85. The van der Waals surface area contributed by atoms with E-state index >= 15 is 0 Å². The Bertz CT molecular complexity index is 848. The number of fused-ring (bicyclic) bond motifs is 1. The molecule has 1 N–H and O–H groups in total. The van der Waals surface area contributed by atoms with Crippen LogP contribution in [0.2, 0.25) is 0 Å². The van der Waals surface area contributed by atoms with E-state index in [1.54, 1.807) is 51.4 Å². The maximum Gasteiger partial charge on any atom is 0.416 e. The third kappa shape index (κ3) is 3.05. The molecule has 5 nitrogen and oxygen atoms in total. The number of anilines is 1. The average molecular weight is 365 g/mol. The van der Waals surface area contributed by atoms with Crippen molar-refractivity contribution in [3.63, 3.8) is 0 Å². The summed E-state index contributed by atoms with van der Waals surface area (Å²) in [7, 11) is 0. The topological polar surface area (TPSA) is 66.3 Å². The van der Waals surface area contributed by atoms with Gasteiger partial charge in [-0.2, -0.15) is 13.2 Å². The molecule has 1 unspecified atom stereocenters. The second-order valence-corrected chi connectivity index (χ2v) is 6.85. The number of aromatic nitrogens is 2. The molecule has 3 rings (SSSR count). The van der Waals surface area contributed by atoms with E-state index in [1.165, 1.54) is 0 Å². The van der Waals surface area contributed by atoms with E-state index in [-0.39, 0.29) is 0 Å². The molecule has 2 aromatic rings. The van der Waals surface area contributed by atoms with E-state index in [0.29, 0.717) is 28.2 Å². The van der Waals surface area contributed by atoms with Crippen molar-refractivity contribution in [2.45, 2.75) is 38.5 Å². The van der Waals surface area contributed by atoms with Gasteiger partial charge < -0.3 is 10.0 Å². The Hall–Kier alpha value is -2.48. The van der Waals surface area contributed by atoms with Gasteiger partial charge in [-0.25, -0.2) is 9.97 Å². The minimum absolute atomic E-state index is 0.362. The van der Waals surface area contributed by atoms with E-state index in [9.17, 15) is 23.1 Å². The van der Waals surface area contributed by atoms with Crippen LogP contribution in [0.15, 0.2) is 30.6 Å². The molecule has 0 spiro atoms. The number of alkyl halides is 3. The maximum atomic E-state index is 12.8. The standard InChI is InChI=1S/C18H18F3N3O2/c1-10-22-7-12(8-23-10)11-4-5-13-14(6-11)24(16(26)17(13,2)3)9-15(25)18(19,20)21/h4-8,15,25H,9H2,1-3H3. The Morgan fingerprint density at radius 3 is 2.38 bits per heavy atom. The number of carbonyl (C=O) groups is 1. The van der Waals surface area contributed by atoms with Gasteiger partial charge in [-0.15, -0.1) is 0 Å². The van der Waals surface area contributed by atoms with Crippen molar-refractivity contribution in [3.8, 4) is 11.1 Å². The summed E-state index contributed by atoms with van der Waals surface area (Å²) < 4.78 is 38.3. The Morgan fingerprint density at radius 1 is 1.19 bits per heavy atom. The van der Waals surface area contributed by atoms with E-state index < -0.39 is 30.1 Å². The minimum Gasteiger partial charge on any atom is -0.382 e. The molecule has 138 valence electrons. The molecule has 2 heterocycles. The van der Waals surface area contributed by atoms with Crippen molar-refractivity contribution in [2.75, 3.05) is 11.4 Å². The molecular formula is C18H18F3N3O2. The lowest BCUT2D eigenvalue weighted by Gasteiger charge is -2.24. The number of rotatable bonds is 3. The van der Waals surface area contributed by atoms with Gasteiger partial charge in [-0.1, -0.05) is 12.1 Å². The fourth-order valence-electron chi connectivity index (χ4n) is 3.02. The molecule has 1 aliphatic rings. The smallest absolute Gasteiger partial charge is 0.382 e. The van der Waals surface area contributed by atoms with Crippen molar-refractivity contribution in [1.82, 2.24) is 9.97 Å². The number of β-amino-alcohol motifs (C(OH)–C–C–N with tert-alkyl or cyclic N) is 1. The Balaban J connectivity index is 2.04. The summed E-state index contributed by atoms with van der Waals surface area (Å²) in [5, 5.41) is 9.44. The van der Waals surface area contributed by atoms with Crippen molar-refractivity contribution < 1.29 is 23.1 Å². The zero-order valence-corrected chi connectivity index (χ0v) is 14.5. The highest BCUT2D eigenvalue weighted by Gasteiger charge is 2.47. The van der Waals surface area contributed by atoms with Crippen LogP contribution in [0.1, 0.15) is 25.2 Å². The summed E-state index contributed by atoms with van der Waals surface area (Å²) in [5.41, 5.74) is 1.38. The summed E-state index contributed by atoms with van der Waals surface area (Å²) in [5.74, 6) is 0.120. The molecule has 26 heavy (non-hydrogen) atoms. The largest absolute Gasteiger partial charge is 0.416 e. The van der Waals surface area contributed by atoms with Crippen LogP contribution in [0.5, 0.6) is 0 Å². The monoisotopic (exact) mass is 365 g/mol. The third-order valence-corrected chi connectivity index (χ3v) is 4.59. The lowest BCUT2D eigenvalue weighted by molar-refractivity contribution is -0.200. The summed E-state index contributed by atoms with van der Waals surface area (Å²) in [4.78, 5) is 21.9. The molecule has 1 amide bonds. The van der Waals surface area contributed by atoms with E-state index in [2.05, 4.69) is 9.97 Å². The van der Waals surface area contributed by atoms with Gasteiger partial charge in [0.2, 0.25) is 5.91 Å². The lowest BCUT2D eigenvalue weighted by atomic mass is 9.85. The number of halogens is 3. The number of carbonyl (C=O) groups excluding carboxylic acids is 1. The highest BCUT2D eigenvalue weighted by molar-refractivity contribution is 6.08. The normalized spacial score (nSPS) is 17.3. The van der Waals surface area contributed by atoms with E-state index in [0.717, 1.165) is 4.90 Å². The summed E-state index contributed by atoms with van der Waals surface area (Å²) >= 11 is 0.